The normalized spacial score (nSPS) is 10.4. The summed E-state index contributed by atoms with van der Waals surface area (Å²) in [7, 11) is 1.24. The largest absolute Gasteiger partial charge is 0.494 e. The highest BCUT2D eigenvalue weighted by Crippen LogP contribution is 2.34. The van der Waals surface area contributed by atoms with Gasteiger partial charge in [0, 0.05) is 6.20 Å². The van der Waals surface area contributed by atoms with Crippen molar-refractivity contribution in [2.75, 3.05) is 7.11 Å². The summed E-state index contributed by atoms with van der Waals surface area (Å²) < 4.78 is 29.3. The average Bonchev–Trinajstić information content (AvgIpc) is 2.16. The maximum absolute atomic E-state index is 12.3. The van der Waals surface area contributed by atoms with Gasteiger partial charge in [-0.15, -0.1) is 0 Å². The number of methoxy groups -OCH3 is 1. The zero-order chi connectivity index (χ0) is 10.7. The Bertz CT molecular complexity index is 357. The van der Waals surface area contributed by atoms with E-state index in [1.165, 1.54) is 7.11 Å². The molecule has 0 unspecified atom stereocenters. The van der Waals surface area contributed by atoms with Crippen LogP contribution in [0.4, 0.5) is 8.78 Å². The predicted molar refractivity (Wildman–Crippen MR) is 46.1 cm³/mol. The van der Waals surface area contributed by atoms with E-state index in [1.54, 1.807) is 0 Å². The first-order chi connectivity index (χ1) is 6.61. The average molecular weight is 222 g/mol. The summed E-state index contributed by atoms with van der Waals surface area (Å²) in [4.78, 5) is 13.8. The number of pyridine rings is 1. The number of ether oxygens (including phenoxy) is 1. The lowest BCUT2D eigenvalue weighted by atomic mass is 10.2. The Kier molecular flexibility index (Phi) is 3.35. The van der Waals surface area contributed by atoms with Crippen LogP contribution in [0.5, 0.6) is 5.75 Å². The molecule has 0 amide bonds. The molecule has 14 heavy (non-hydrogen) atoms. The number of aldehydes is 1. The van der Waals surface area contributed by atoms with E-state index in [-0.39, 0.29) is 16.3 Å². The second-order valence-electron chi connectivity index (χ2n) is 2.36. The van der Waals surface area contributed by atoms with Gasteiger partial charge in [-0.05, 0) is 0 Å². The number of rotatable bonds is 3. The van der Waals surface area contributed by atoms with E-state index in [4.69, 9.17) is 16.3 Å². The second kappa shape index (κ2) is 4.32. The maximum atomic E-state index is 12.3. The highest BCUT2D eigenvalue weighted by atomic mass is 35.5. The molecule has 0 spiro atoms. The Labute approximate surface area is 83.7 Å². The van der Waals surface area contributed by atoms with Gasteiger partial charge >= 0.3 is 0 Å². The molecule has 0 fully saturated rings. The van der Waals surface area contributed by atoms with Gasteiger partial charge in [-0.2, -0.15) is 0 Å². The van der Waals surface area contributed by atoms with E-state index in [0.717, 1.165) is 6.20 Å². The van der Waals surface area contributed by atoms with Gasteiger partial charge in [0.2, 0.25) is 0 Å². The van der Waals surface area contributed by atoms with Crippen LogP contribution in [0.1, 0.15) is 22.5 Å². The van der Waals surface area contributed by atoms with E-state index < -0.39 is 12.1 Å². The van der Waals surface area contributed by atoms with E-state index in [0.29, 0.717) is 6.29 Å². The minimum atomic E-state index is -2.79. The number of aromatic nitrogens is 1. The molecular weight excluding hydrogens is 216 g/mol. The Hall–Kier alpha value is -1.23. The highest BCUT2D eigenvalue weighted by Gasteiger charge is 2.19. The van der Waals surface area contributed by atoms with Crippen LogP contribution < -0.4 is 4.74 Å². The number of alkyl halides is 2. The van der Waals surface area contributed by atoms with Crippen LogP contribution in [0.15, 0.2) is 6.20 Å². The van der Waals surface area contributed by atoms with Crippen molar-refractivity contribution in [1.29, 1.82) is 0 Å². The van der Waals surface area contributed by atoms with Gasteiger partial charge in [0.05, 0.1) is 12.7 Å². The van der Waals surface area contributed by atoms with Crippen molar-refractivity contribution in [3.05, 3.63) is 22.5 Å². The van der Waals surface area contributed by atoms with Crippen molar-refractivity contribution < 1.29 is 18.3 Å². The molecule has 0 aromatic carbocycles. The van der Waals surface area contributed by atoms with Gasteiger partial charge in [0.1, 0.15) is 10.7 Å². The minimum Gasteiger partial charge on any atom is -0.494 e. The highest BCUT2D eigenvalue weighted by molar-refractivity contribution is 6.33. The third-order valence-electron chi connectivity index (χ3n) is 1.57. The van der Waals surface area contributed by atoms with Crippen molar-refractivity contribution >= 4 is 17.9 Å². The van der Waals surface area contributed by atoms with E-state index in [1.807, 2.05) is 0 Å². The molecule has 0 atom stereocenters. The van der Waals surface area contributed by atoms with Crippen LogP contribution >= 0.6 is 11.6 Å². The van der Waals surface area contributed by atoms with E-state index >= 15 is 0 Å². The third-order valence-corrected chi connectivity index (χ3v) is 1.93. The van der Waals surface area contributed by atoms with Crippen molar-refractivity contribution in [3.63, 3.8) is 0 Å². The maximum Gasteiger partial charge on any atom is 0.281 e. The Morgan fingerprint density at radius 2 is 2.29 bits per heavy atom. The Morgan fingerprint density at radius 3 is 2.71 bits per heavy atom. The van der Waals surface area contributed by atoms with Gasteiger partial charge < -0.3 is 4.74 Å². The summed E-state index contributed by atoms with van der Waals surface area (Å²) >= 11 is 5.56. The summed E-state index contributed by atoms with van der Waals surface area (Å²) in [5, 5.41) is -0.327. The molecule has 76 valence electrons. The molecule has 1 aromatic heterocycles. The summed E-state index contributed by atoms with van der Waals surface area (Å²) in [6.07, 6.45) is -1.36. The van der Waals surface area contributed by atoms with Crippen LogP contribution in [0.2, 0.25) is 5.02 Å². The first kappa shape index (κ1) is 10.8. The van der Waals surface area contributed by atoms with Gasteiger partial charge in [0.15, 0.2) is 12.0 Å². The lowest BCUT2D eigenvalue weighted by molar-refractivity contribution is 0.111. The summed E-state index contributed by atoms with van der Waals surface area (Å²) in [6, 6.07) is 0. The lowest BCUT2D eigenvalue weighted by Crippen LogP contribution is -1.99. The summed E-state index contributed by atoms with van der Waals surface area (Å²) in [6.45, 7) is 0. The van der Waals surface area contributed by atoms with Crippen LogP contribution in [-0.2, 0) is 0 Å². The Balaban J connectivity index is 3.34. The van der Waals surface area contributed by atoms with Gasteiger partial charge in [0.25, 0.3) is 6.43 Å². The molecule has 0 N–H and O–H groups in total. The number of halogens is 3. The molecule has 0 radical (unpaired) electrons. The van der Waals surface area contributed by atoms with Gasteiger partial charge in [-0.25, -0.2) is 8.78 Å². The molecule has 1 heterocycles. The molecule has 0 saturated carbocycles. The van der Waals surface area contributed by atoms with Crippen molar-refractivity contribution in [3.8, 4) is 5.75 Å². The lowest BCUT2D eigenvalue weighted by Gasteiger charge is -2.08. The van der Waals surface area contributed by atoms with Crippen molar-refractivity contribution in [2.24, 2.45) is 0 Å². The standard InChI is InChI=1S/C8H6ClF2NO2/c1-14-7-4(3-13)2-12-6(5(7)9)8(10)11/h2-3,8H,1H3. The summed E-state index contributed by atoms with van der Waals surface area (Å²) in [5.41, 5.74) is -0.545. The fraction of sp³-hybridized carbons (Fsp3) is 0.250. The van der Waals surface area contributed by atoms with Gasteiger partial charge in [-0.1, -0.05) is 11.6 Å². The van der Waals surface area contributed by atoms with Crippen LogP contribution in [0.25, 0.3) is 0 Å². The van der Waals surface area contributed by atoms with Crippen LogP contribution in [-0.4, -0.2) is 18.4 Å². The quantitative estimate of drug-likeness (QED) is 0.736. The zero-order valence-electron chi connectivity index (χ0n) is 7.13. The zero-order valence-corrected chi connectivity index (χ0v) is 7.89. The monoisotopic (exact) mass is 221 g/mol. The van der Waals surface area contributed by atoms with Crippen molar-refractivity contribution in [1.82, 2.24) is 4.98 Å². The molecule has 0 bridgehead atoms. The fourth-order valence-corrected chi connectivity index (χ4v) is 1.26. The molecule has 6 heteroatoms. The molecule has 0 aliphatic heterocycles. The topological polar surface area (TPSA) is 39.2 Å². The number of hydrogen-bond acceptors (Lipinski definition) is 3. The van der Waals surface area contributed by atoms with E-state index in [9.17, 15) is 13.6 Å². The van der Waals surface area contributed by atoms with Crippen molar-refractivity contribution in [2.45, 2.75) is 6.43 Å². The SMILES string of the molecule is COc1c(C=O)cnc(C(F)F)c1Cl. The molecule has 1 rings (SSSR count). The Morgan fingerprint density at radius 1 is 1.64 bits per heavy atom. The second-order valence-corrected chi connectivity index (χ2v) is 2.74. The number of nitrogens with zero attached hydrogens (tertiary/aromatic N) is 1. The molecular formula is C8H6ClF2NO2. The number of hydrogen-bond donors (Lipinski definition) is 0. The van der Waals surface area contributed by atoms with Crippen LogP contribution in [0, 0.1) is 0 Å². The van der Waals surface area contributed by atoms with Crippen LogP contribution in [0.3, 0.4) is 0 Å². The third kappa shape index (κ3) is 1.82. The number of carbonyl (C=O) groups is 1. The minimum absolute atomic E-state index is 0.0434. The van der Waals surface area contributed by atoms with Gasteiger partial charge in [-0.3, -0.25) is 9.78 Å². The molecule has 0 aliphatic carbocycles. The van der Waals surface area contributed by atoms with E-state index in [2.05, 4.69) is 4.98 Å². The smallest absolute Gasteiger partial charge is 0.281 e. The fourth-order valence-electron chi connectivity index (χ4n) is 0.941. The molecule has 0 saturated heterocycles. The first-order valence-electron chi connectivity index (χ1n) is 3.57. The summed E-state index contributed by atoms with van der Waals surface area (Å²) in [5.74, 6) is -0.0769. The molecule has 0 aliphatic rings. The number of carbonyl (C=O) groups excluding carboxylic acids is 1. The molecule has 3 nitrogen and oxygen atoms in total. The molecule has 1 aromatic rings. The first-order valence-corrected chi connectivity index (χ1v) is 3.95. The predicted octanol–water partition coefficient (Wildman–Crippen LogP) is 2.49.